The molecule has 1 atom stereocenters. The van der Waals surface area contributed by atoms with E-state index in [0.29, 0.717) is 42.6 Å². The van der Waals surface area contributed by atoms with Crippen molar-refractivity contribution >= 4 is 32.8 Å². The maximum atomic E-state index is 12.9. The van der Waals surface area contributed by atoms with Gasteiger partial charge in [0.25, 0.3) is 0 Å². The highest BCUT2D eigenvalue weighted by Gasteiger charge is 2.66. The predicted octanol–water partition coefficient (Wildman–Crippen LogP) is 4.37. The number of anilines is 2. The van der Waals surface area contributed by atoms with Crippen LogP contribution in [-0.4, -0.2) is 60.7 Å². The van der Waals surface area contributed by atoms with E-state index in [1.54, 1.807) is 0 Å². The van der Waals surface area contributed by atoms with Crippen molar-refractivity contribution in [2.24, 2.45) is 0 Å². The average Bonchev–Trinajstić information content (AvgIpc) is 2.75. The van der Waals surface area contributed by atoms with Gasteiger partial charge in [-0.05, 0) is 32.1 Å². The molecule has 0 radical (unpaired) electrons. The Hall–Kier alpha value is -2.13. The van der Waals surface area contributed by atoms with Crippen LogP contribution in [0.25, 0.3) is 0 Å². The van der Waals surface area contributed by atoms with Gasteiger partial charge in [-0.15, -0.1) is 0 Å². The van der Waals surface area contributed by atoms with Gasteiger partial charge in [0.2, 0.25) is 5.95 Å². The van der Waals surface area contributed by atoms with Crippen LogP contribution in [0, 0.1) is 0 Å². The van der Waals surface area contributed by atoms with Gasteiger partial charge in [-0.25, -0.2) is 15.0 Å². The summed E-state index contributed by atoms with van der Waals surface area (Å²) in [7, 11) is -11.2. The molecule has 0 spiro atoms. The van der Waals surface area contributed by atoms with Crippen LogP contribution in [0.5, 0.6) is 0 Å². The van der Waals surface area contributed by atoms with Gasteiger partial charge in [0.1, 0.15) is 16.5 Å². The molecular formula is C19H25F5N6O2S2. The van der Waals surface area contributed by atoms with Crippen molar-refractivity contribution in [1.29, 1.82) is 0 Å². The van der Waals surface area contributed by atoms with Gasteiger partial charge in [-0.1, -0.05) is 19.4 Å². The van der Waals surface area contributed by atoms with Gasteiger partial charge in [-0.2, -0.15) is 4.98 Å². The third kappa shape index (κ3) is 5.25. The summed E-state index contributed by atoms with van der Waals surface area (Å²) >= 11 is 0. The first-order valence-electron chi connectivity index (χ1n) is 10.6. The molecule has 34 heavy (non-hydrogen) atoms. The van der Waals surface area contributed by atoms with E-state index in [4.69, 9.17) is 0 Å². The van der Waals surface area contributed by atoms with Crippen molar-refractivity contribution in [3.63, 3.8) is 0 Å². The van der Waals surface area contributed by atoms with Crippen molar-refractivity contribution in [2.75, 3.05) is 36.2 Å². The Kier molecular flexibility index (Phi) is 5.84. The van der Waals surface area contributed by atoms with Crippen molar-refractivity contribution < 1.29 is 28.7 Å². The first-order chi connectivity index (χ1) is 15.7. The average molecular weight is 529 g/mol. The number of aromatic nitrogens is 4. The number of nitrogens with one attached hydrogen (secondary N) is 1. The van der Waals surface area contributed by atoms with E-state index in [2.05, 4.69) is 25.3 Å². The molecule has 1 saturated carbocycles. The molecule has 1 saturated heterocycles. The first kappa shape index (κ1) is 25.0. The van der Waals surface area contributed by atoms with Crippen LogP contribution in [0.3, 0.4) is 0 Å². The van der Waals surface area contributed by atoms with Crippen LogP contribution in [0.1, 0.15) is 43.8 Å². The van der Waals surface area contributed by atoms with Crippen LogP contribution >= 0.6 is 10.2 Å². The summed E-state index contributed by atoms with van der Waals surface area (Å²) in [6.07, 6.45) is 6.73. The van der Waals surface area contributed by atoms with Crippen LogP contribution < -0.4 is 10.2 Å². The number of hydrogen-bond acceptors (Lipinski definition) is 8. The molecule has 8 nitrogen and oxygen atoms in total. The molecule has 2 N–H and O–H groups in total. The summed E-state index contributed by atoms with van der Waals surface area (Å²) in [5.74, 6) is 0.577. The quantitative estimate of drug-likeness (QED) is 0.511. The zero-order valence-corrected chi connectivity index (χ0v) is 19.9. The van der Waals surface area contributed by atoms with Crippen molar-refractivity contribution in [2.45, 2.75) is 53.4 Å². The molecule has 1 aliphatic carbocycles. The summed E-state index contributed by atoms with van der Waals surface area (Å²) in [6, 6.07) is 0. The van der Waals surface area contributed by atoms with E-state index in [-0.39, 0.29) is 30.7 Å². The molecule has 1 aliphatic heterocycles. The molecule has 2 aliphatic rings. The van der Waals surface area contributed by atoms with Crippen molar-refractivity contribution in [3.8, 4) is 0 Å². The Bertz CT molecular complexity index is 1090. The van der Waals surface area contributed by atoms with Gasteiger partial charge in [0.05, 0.1) is 46.4 Å². The highest BCUT2D eigenvalue weighted by molar-refractivity contribution is 8.45. The van der Waals surface area contributed by atoms with Crippen LogP contribution in [-0.2, 0) is 10.8 Å². The number of aliphatic hydroxyl groups excluding tert-OH is 1. The lowest BCUT2D eigenvalue weighted by molar-refractivity contribution is 0.143. The van der Waals surface area contributed by atoms with E-state index < -0.39 is 31.5 Å². The number of rotatable bonds is 7. The predicted molar refractivity (Wildman–Crippen MR) is 119 cm³/mol. The lowest BCUT2D eigenvalue weighted by Crippen LogP contribution is -2.48. The van der Waals surface area contributed by atoms with Gasteiger partial charge >= 0.3 is 10.2 Å². The highest BCUT2D eigenvalue weighted by atomic mass is 32.5. The molecule has 2 aromatic rings. The monoisotopic (exact) mass is 528 g/mol. The molecule has 2 fully saturated rings. The van der Waals surface area contributed by atoms with Gasteiger partial charge < -0.3 is 15.3 Å². The molecule has 0 aromatic carbocycles. The number of aliphatic hydroxyl groups is 1. The number of nitrogens with zero attached hydrogens (tertiary/aromatic N) is 5. The minimum atomic E-state index is -9.80. The van der Waals surface area contributed by atoms with Crippen molar-refractivity contribution in [1.82, 2.24) is 19.9 Å². The van der Waals surface area contributed by atoms with Crippen LogP contribution in [0.2, 0.25) is 0 Å². The number of piperidine rings is 1. The normalized spacial score (nSPS) is 21.8. The third-order valence-corrected chi connectivity index (χ3v) is 8.31. The van der Waals surface area contributed by atoms with Crippen LogP contribution in [0.4, 0.5) is 31.2 Å². The summed E-state index contributed by atoms with van der Waals surface area (Å²) < 4.78 is 76.6. The molecule has 3 heterocycles. The van der Waals surface area contributed by atoms with Gasteiger partial charge in [-0.3, -0.25) is 4.21 Å². The van der Waals surface area contributed by atoms with Gasteiger partial charge in [0.15, 0.2) is 0 Å². The number of halogens is 5. The first-order valence-corrected chi connectivity index (χ1v) is 14.1. The smallest absolute Gasteiger partial charge is 0.313 e. The molecular weight excluding hydrogens is 503 g/mol. The summed E-state index contributed by atoms with van der Waals surface area (Å²) in [4.78, 5) is 16.2. The Balaban J connectivity index is 1.47. The fourth-order valence-electron chi connectivity index (χ4n) is 4.06. The Morgan fingerprint density at radius 2 is 1.74 bits per heavy atom. The minimum Gasteiger partial charge on any atom is -0.394 e. The maximum absolute atomic E-state index is 12.9. The lowest BCUT2D eigenvalue weighted by atomic mass is 9.77. The minimum absolute atomic E-state index is 0.0751. The molecule has 4 rings (SSSR count). The second-order valence-electron chi connectivity index (χ2n) is 8.76. The Morgan fingerprint density at radius 3 is 2.21 bits per heavy atom. The molecule has 2 aromatic heterocycles. The standard InChI is InChI=1S/C19H25F5N6O2S2/c1-33(32)15-11-27-18(28-17(15)29-19(12-31)5-2-6-19)30-7-3-13(4-8-30)16-25-9-14(10-26-16)34(20,21,22,23)24/h9-11,13,31H,2-8,12H2,1H3,(H,27,28,29)/t33-/m0/s1. The van der Waals surface area contributed by atoms with E-state index in [1.807, 2.05) is 4.90 Å². The summed E-state index contributed by atoms with van der Waals surface area (Å²) in [6.45, 7) is 0.807. The zero-order chi connectivity index (χ0) is 24.8. The number of hydrogen-bond donors (Lipinski definition) is 2. The molecule has 0 unspecified atom stereocenters. The van der Waals surface area contributed by atoms with E-state index in [9.17, 15) is 28.7 Å². The molecule has 15 heteroatoms. The zero-order valence-electron chi connectivity index (χ0n) is 18.3. The largest absolute Gasteiger partial charge is 0.394 e. The maximum Gasteiger partial charge on any atom is 0.313 e. The fraction of sp³-hybridized carbons (Fsp3) is 0.579. The summed E-state index contributed by atoms with van der Waals surface area (Å²) in [5.41, 5.74) is -0.495. The van der Waals surface area contributed by atoms with E-state index in [0.717, 1.165) is 19.3 Å². The molecule has 0 bridgehead atoms. The summed E-state index contributed by atoms with van der Waals surface area (Å²) in [5, 5.41) is 13.0. The second kappa shape index (κ2) is 7.95. The van der Waals surface area contributed by atoms with E-state index >= 15 is 0 Å². The second-order valence-corrected chi connectivity index (χ2v) is 12.5. The highest BCUT2D eigenvalue weighted by Crippen LogP contribution is 3.01. The third-order valence-electron chi connectivity index (χ3n) is 6.29. The Labute approximate surface area is 195 Å². The SMILES string of the molecule is C[S@](=O)c1cnc(N2CCC(c3ncc(S(F)(F)(F)(F)F)cn3)CC2)nc1NC1(CO)CCC1. The van der Waals surface area contributed by atoms with E-state index in [1.165, 1.54) is 12.5 Å². The Morgan fingerprint density at radius 1 is 1.12 bits per heavy atom. The van der Waals surface area contributed by atoms with Crippen molar-refractivity contribution in [3.05, 3.63) is 24.4 Å². The topological polar surface area (TPSA) is 104 Å². The van der Waals surface area contributed by atoms with Gasteiger partial charge in [0, 0.05) is 25.3 Å². The fourth-order valence-corrected chi connectivity index (χ4v) is 5.14. The molecule has 190 valence electrons. The molecule has 0 amide bonds. The van der Waals surface area contributed by atoms with Crippen LogP contribution in [0.15, 0.2) is 28.4 Å². The lowest BCUT2D eigenvalue weighted by Gasteiger charge is -2.41.